The Kier molecular flexibility index (Phi) is 7.14. The number of aromatic nitrogens is 4. The number of ether oxygens (including phenoxy) is 3. The summed E-state index contributed by atoms with van der Waals surface area (Å²) < 4.78 is 16.3. The maximum absolute atomic E-state index is 6.01. The molecule has 1 aliphatic rings. The summed E-state index contributed by atoms with van der Waals surface area (Å²) in [4.78, 5) is 20.4. The van der Waals surface area contributed by atoms with E-state index in [1.165, 1.54) is 0 Å². The maximum atomic E-state index is 6.01. The van der Waals surface area contributed by atoms with E-state index in [9.17, 15) is 0 Å². The van der Waals surface area contributed by atoms with Crippen LogP contribution in [0.15, 0.2) is 49.1 Å². The zero-order valence-corrected chi connectivity index (χ0v) is 17.9. The van der Waals surface area contributed by atoms with E-state index in [-0.39, 0.29) is 6.10 Å². The first-order valence-electron chi connectivity index (χ1n) is 10.3. The van der Waals surface area contributed by atoms with Crippen molar-refractivity contribution >= 4 is 0 Å². The van der Waals surface area contributed by atoms with Gasteiger partial charge in [0.2, 0.25) is 0 Å². The van der Waals surface area contributed by atoms with Gasteiger partial charge in [-0.25, -0.2) is 15.0 Å². The maximum Gasteiger partial charge on any atom is 0.130 e. The standard InChI is InChI=1S/C23H27N5O3/c1-29-9-7-23-25-11-17(12-26-23)15-28-8-10-31-22(16-28)21-14-24-13-20(27-21)18-3-5-19(30-2)6-4-18/h3-6,11-14,22H,7-10,15-16H2,1-2H3/t22-/m1/s1. The van der Waals surface area contributed by atoms with Gasteiger partial charge in [-0.05, 0) is 24.3 Å². The van der Waals surface area contributed by atoms with E-state index in [2.05, 4.69) is 19.9 Å². The Labute approximate surface area is 182 Å². The molecule has 0 amide bonds. The summed E-state index contributed by atoms with van der Waals surface area (Å²) in [7, 11) is 3.34. The van der Waals surface area contributed by atoms with Crippen molar-refractivity contribution < 1.29 is 14.2 Å². The lowest BCUT2D eigenvalue weighted by Gasteiger charge is -2.32. The molecule has 0 radical (unpaired) electrons. The molecule has 1 atom stereocenters. The minimum Gasteiger partial charge on any atom is -0.497 e. The molecule has 31 heavy (non-hydrogen) atoms. The Hall–Kier alpha value is -2.94. The van der Waals surface area contributed by atoms with Crippen molar-refractivity contribution in [2.75, 3.05) is 40.5 Å². The van der Waals surface area contributed by atoms with Crippen LogP contribution >= 0.6 is 0 Å². The van der Waals surface area contributed by atoms with E-state index in [1.54, 1.807) is 26.6 Å². The van der Waals surface area contributed by atoms with Crippen LogP contribution in [-0.4, -0.2) is 65.4 Å². The molecule has 8 heteroatoms. The summed E-state index contributed by atoms with van der Waals surface area (Å²) in [5.41, 5.74) is 3.73. The minimum absolute atomic E-state index is 0.124. The quantitative estimate of drug-likeness (QED) is 0.549. The van der Waals surface area contributed by atoms with Crippen LogP contribution in [0, 0.1) is 0 Å². The van der Waals surface area contributed by atoms with Gasteiger partial charge in [0.05, 0.1) is 44.1 Å². The highest BCUT2D eigenvalue weighted by atomic mass is 16.5. The molecule has 3 heterocycles. The minimum atomic E-state index is -0.124. The van der Waals surface area contributed by atoms with Crippen molar-refractivity contribution in [1.29, 1.82) is 0 Å². The third kappa shape index (κ3) is 5.61. The molecule has 0 aliphatic carbocycles. The van der Waals surface area contributed by atoms with Crippen LogP contribution in [0.3, 0.4) is 0 Å². The number of rotatable bonds is 8. The fourth-order valence-corrected chi connectivity index (χ4v) is 3.51. The Morgan fingerprint density at radius 1 is 1.06 bits per heavy atom. The van der Waals surface area contributed by atoms with Gasteiger partial charge >= 0.3 is 0 Å². The summed E-state index contributed by atoms with van der Waals surface area (Å²) in [6, 6.07) is 7.81. The van der Waals surface area contributed by atoms with E-state index in [1.807, 2.05) is 36.7 Å². The largest absolute Gasteiger partial charge is 0.497 e. The average molecular weight is 422 g/mol. The van der Waals surface area contributed by atoms with Crippen molar-refractivity contribution in [2.24, 2.45) is 0 Å². The third-order valence-corrected chi connectivity index (χ3v) is 5.21. The summed E-state index contributed by atoms with van der Waals surface area (Å²) in [5, 5.41) is 0. The van der Waals surface area contributed by atoms with Crippen LogP contribution in [0.5, 0.6) is 5.75 Å². The van der Waals surface area contributed by atoms with Crippen LogP contribution in [0.1, 0.15) is 23.2 Å². The number of hydrogen-bond acceptors (Lipinski definition) is 8. The van der Waals surface area contributed by atoms with Crippen LogP contribution in [-0.2, 0) is 22.4 Å². The van der Waals surface area contributed by atoms with E-state index in [0.29, 0.717) is 13.2 Å². The molecule has 0 spiro atoms. The molecule has 1 saturated heterocycles. The Morgan fingerprint density at radius 3 is 2.61 bits per heavy atom. The summed E-state index contributed by atoms with van der Waals surface area (Å²) >= 11 is 0. The summed E-state index contributed by atoms with van der Waals surface area (Å²) in [6.45, 7) is 3.64. The number of nitrogens with zero attached hydrogens (tertiary/aromatic N) is 5. The zero-order chi connectivity index (χ0) is 21.5. The molecule has 1 aromatic carbocycles. The fraction of sp³-hybridized carbons (Fsp3) is 0.391. The fourth-order valence-electron chi connectivity index (χ4n) is 3.51. The SMILES string of the molecule is COCCc1ncc(CN2CCO[C@@H](c3cncc(-c4ccc(OC)cc4)n3)C2)cn1. The highest BCUT2D eigenvalue weighted by molar-refractivity contribution is 5.59. The van der Waals surface area contributed by atoms with Gasteiger partial charge < -0.3 is 14.2 Å². The van der Waals surface area contributed by atoms with Crippen LogP contribution in [0.2, 0.25) is 0 Å². The lowest BCUT2D eigenvalue weighted by molar-refractivity contribution is -0.0351. The van der Waals surface area contributed by atoms with Gasteiger partial charge in [0.15, 0.2) is 0 Å². The normalized spacial score (nSPS) is 16.9. The number of benzene rings is 1. The van der Waals surface area contributed by atoms with Crippen molar-refractivity contribution in [3.63, 3.8) is 0 Å². The van der Waals surface area contributed by atoms with Gasteiger partial charge in [-0.15, -0.1) is 0 Å². The first-order chi connectivity index (χ1) is 15.2. The molecule has 0 bridgehead atoms. The molecular weight excluding hydrogens is 394 g/mol. The predicted molar refractivity (Wildman–Crippen MR) is 116 cm³/mol. The molecule has 2 aromatic heterocycles. The Morgan fingerprint density at radius 2 is 1.87 bits per heavy atom. The van der Waals surface area contributed by atoms with Gasteiger partial charge in [-0.1, -0.05) is 0 Å². The molecule has 0 saturated carbocycles. The highest BCUT2D eigenvalue weighted by Crippen LogP contribution is 2.25. The van der Waals surface area contributed by atoms with Gasteiger partial charge in [-0.2, -0.15) is 0 Å². The smallest absolute Gasteiger partial charge is 0.130 e. The number of morpholine rings is 1. The van der Waals surface area contributed by atoms with Gasteiger partial charge in [0, 0.05) is 56.7 Å². The van der Waals surface area contributed by atoms with Crippen LogP contribution in [0.4, 0.5) is 0 Å². The van der Waals surface area contributed by atoms with Crippen molar-refractivity contribution in [1.82, 2.24) is 24.8 Å². The van der Waals surface area contributed by atoms with E-state index >= 15 is 0 Å². The lowest BCUT2D eigenvalue weighted by Crippen LogP contribution is -2.38. The average Bonchev–Trinajstić information content (AvgIpc) is 2.84. The topological polar surface area (TPSA) is 82.5 Å². The second-order valence-corrected chi connectivity index (χ2v) is 7.40. The molecule has 1 aliphatic heterocycles. The third-order valence-electron chi connectivity index (χ3n) is 5.21. The first kappa shape index (κ1) is 21.3. The van der Waals surface area contributed by atoms with E-state index in [0.717, 1.165) is 60.1 Å². The molecule has 1 fully saturated rings. The van der Waals surface area contributed by atoms with Gasteiger partial charge in [0.25, 0.3) is 0 Å². The van der Waals surface area contributed by atoms with Crippen molar-refractivity contribution in [2.45, 2.75) is 19.1 Å². The monoisotopic (exact) mass is 421 g/mol. The van der Waals surface area contributed by atoms with E-state index in [4.69, 9.17) is 19.2 Å². The van der Waals surface area contributed by atoms with Crippen LogP contribution in [0.25, 0.3) is 11.3 Å². The molecular formula is C23H27N5O3. The molecule has 0 N–H and O–H groups in total. The molecule has 4 rings (SSSR count). The molecule has 0 unspecified atom stereocenters. The number of methoxy groups -OCH3 is 2. The Bertz CT molecular complexity index is 966. The van der Waals surface area contributed by atoms with E-state index < -0.39 is 0 Å². The Balaban J connectivity index is 1.41. The number of hydrogen-bond donors (Lipinski definition) is 0. The van der Waals surface area contributed by atoms with Gasteiger partial charge in [-0.3, -0.25) is 9.88 Å². The molecule has 3 aromatic rings. The van der Waals surface area contributed by atoms with Gasteiger partial charge in [0.1, 0.15) is 17.7 Å². The van der Waals surface area contributed by atoms with Crippen molar-refractivity contribution in [3.05, 3.63) is 66.1 Å². The van der Waals surface area contributed by atoms with Crippen LogP contribution < -0.4 is 4.74 Å². The predicted octanol–water partition coefficient (Wildman–Crippen LogP) is 2.70. The first-order valence-corrected chi connectivity index (χ1v) is 10.3. The lowest BCUT2D eigenvalue weighted by atomic mass is 10.1. The molecule has 162 valence electrons. The highest BCUT2D eigenvalue weighted by Gasteiger charge is 2.24. The second kappa shape index (κ2) is 10.4. The summed E-state index contributed by atoms with van der Waals surface area (Å²) in [6.07, 6.45) is 7.95. The van der Waals surface area contributed by atoms with Crippen molar-refractivity contribution in [3.8, 4) is 17.0 Å². The second-order valence-electron chi connectivity index (χ2n) is 7.40. The summed E-state index contributed by atoms with van der Waals surface area (Å²) in [5.74, 6) is 1.62. The zero-order valence-electron chi connectivity index (χ0n) is 17.9. The molecule has 8 nitrogen and oxygen atoms in total.